The lowest BCUT2D eigenvalue weighted by atomic mass is 10.1. The maximum Gasteiger partial charge on any atom is 0.341 e. The number of nitrogens with two attached hydrogens (primary N) is 1. The van der Waals surface area contributed by atoms with E-state index in [9.17, 15) is 14.0 Å². The number of hydrogen-bond donors (Lipinski definition) is 2. The second-order valence-electron chi connectivity index (χ2n) is 6.54. The topological polar surface area (TPSA) is 125 Å². The SMILES string of the molecule is CCOC(=O)c1c(-c2ccco2)csc1NC(=O)CSc1nnc(-c2ccccc2F)n1N. The molecule has 1 aromatic carbocycles. The first-order chi connectivity index (χ1) is 16.0. The Labute approximate surface area is 195 Å². The zero-order valence-corrected chi connectivity index (χ0v) is 18.9. The highest BCUT2D eigenvalue weighted by molar-refractivity contribution is 7.99. The highest BCUT2D eigenvalue weighted by Gasteiger charge is 2.24. The number of hydrogen-bond acceptors (Lipinski definition) is 9. The lowest BCUT2D eigenvalue weighted by molar-refractivity contribution is -0.113. The number of ether oxygens (including phenoxy) is 1. The van der Waals surface area contributed by atoms with E-state index in [0.717, 1.165) is 16.4 Å². The minimum atomic E-state index is -0.565. The van der Waals surface area contributed by atoms with Crippen molar-refractivity contribution in [3.8, 4) is 22.7 Å². The van der Waals surface area contributed by atoms with E-state index < -0.39 is 17.7 Å². The van der Waals surface area contributed by atoms with Crippen LogP contribution >= 0.6 is 23.1 Å². The Hall–Kier alpha value is -3.64. The van der Waals surface area contributed by atoms with Gasteiger partial charge in [0.05, 0.1) is 24.2 Å². The van der Waals surface area contributed by atoms with Crippen molar-refractivity contribution in [1.82, 2.24) is 14.9 Å². The molecule has 170 valence electrons. The molecule has 12 heteroatoms. The minimum Gasteiger partial charge on any atom is -0.464 e. The number of nitrogens with one attached hydrogen (secondary N) is 1. The summed E-state index contributed by atoms with van der Waals surface area (Å²) in [6.07, 6.45) is 1.50. The number of halogens is 1. The largest absolute Gasteiger partial charge is 0.464 e. The van der Waals surface area contributed by atoms with Gasteiger partial charge in [0, 0.05) is 10.9 Å². The van der Waals surface area contributed by atoms with Gasteiger partial charge in [0.2, 0.25) is 11.1 Å². The third-order valence-corrected chi connectivity index (χ3v) is 6.26. The quantitative estimate of drug-likeness (QED) is 0.217. The lowest BCUT2D eigenvalue weighted by Crippen LogP contribution is -2.18. The van der Waals surface area contributed by atoms with Gasteiger partial charge >= 0.3 is 5.97 Å². The van der Waals surface area contributed by atoms with Gasteiger partial charge in [0.25, 0.3) is 0 Å². The summed E-state index contributed by atoms with van der Waals surface area (Å²) in [5.74, 6) is 5.12. The number of benzene rings is 1. The zero-order valence-electron chi connectivity index (χ0n) is 17.3. The predicted octanol–water partition coefficient (Wildman–Crippen LogP) is 4.03. The van der Waals surface area contributed by atoms with Crippen LogP contribution in [0.3, 0.4) is 0 Å². The molecule has 0 bridgehead atoms. The number of aromatic nitrogens is 3. The van der Waals surface area contributed by atoms with E-state index in [1.54, 1.807) is 36.6 Å². The molecule has 0 spiro atoms. The van der Waals surface area contributed by atoms with Crippen molar-refractivity contribution < 1.29 is 23.1 Å². The number of rotatable bonds is 8. The summed E-state index contributed by atoms with van der Waals surface area (Å²) in [6, 6.07) is 9.47. The van der Waals surface area contributed by atoms with Gasteiger partial charge in [-0.05, 0) is 31.2 Å². The van der Waals surface area contributed by atoms with Crippen LogP contribution in [0.5, 0.6) is 0 Å². The van der Waals surface area contributed by atoms with Crippen LogP contribution in [-0.4, -0.2) is 39.1 Å². The molecule has 0 aliphatic heterocycles. The van der Waals surface area contributed by atoms with Crippen molar-refractivity contribution in [2.75, 3.05) is 23.5 Å². The Morgan fingerprint density at radius 3 is 2.79 bits per heavy atom. The summed E-state index contributed by atoms with van der Waals surface area (Å²) >= 11 is 2.21. The molecule has 0 unspecified atom stereocenters. The second kappa shape index (κ2) is 9.88. The van der Waals surface area contributed by atoms with Crippen molar-refractivity contribution in [3.05, 3.63) is 59.4 Å². The van der Waals surface area contributed by atoms with Gasteiger partial charge in [0.15, 0.2) is 5.82 Å². The van der Waals surface area contributed by atoms with Gasteiger partial charge in [-0.15, -0.1) is 21.5 Å². The monoisotopic (exact) mass is 487 g/mol. The van der Waals surface area contributed by atoms with Crippen LogP contribution in [0, 0.1) is 5.82 Å². The first-order valence-corrected chi connectivity index (χ1v) is 11.6. The van der Waals surface area contributed by atoms with Gasteiger partial charge in [0.1, 0.15) is 22.1 Å². The van der Waals surface area contributed by atoms with Crippen molar-refractivity contribution in [2.24, 2.45) is 0 Å². The van der Waals surface area contributed by atoms with Gasteiger partial charge in [-0.3, -0.25) is 4.79 Å². The molecule has 33 heavy (non-hydrogen) atoms. The Morgan fingerprint density at radius 1 is 1.24 bits per heavy atom. The Morgan fingerprint density at radius 2 is 2.06 bits per heavy atom. The van der Waals surface area contributed by atoms with Crippen LogP contribution in [0.2, 0.25) is 0 Å². The number of thiophene rings is 1. The first kappa shape index (κ1) is 22.6. The van der Waals surface area contributed by atoms with E-state index in [1.807, 2.05) is 0 Å². The molecule has 3 aromatic heterocycles. The first-order valence-electron chi connectivity index (χ1n) is 9.70. The molecule has 4 rings (SSSR count). The number of esters is 1. The molecule has 4 aromatic rings. The fraction of sp³-hybridized carbons (Fsp3) is 0.143. The molecular formula is C21H18FN5O4S2. The third-order valence-electron chi connectivity index (χ3n) is 4.42. The Balaban J connectivity index is 1.48. The average Bonchev–Trinajstić information content (AvgIpc) is 3.53. The number of furan rings is 1. The summed E-state index contributed by atoms with van der Waals surface area (Å²) in [4.78, 5) is 25.1. The molecule has 0 saturated carbocycles. The molecule has 1 amide bonds. The van der Waals surface area contributed by atoms with Gasteiger partial charge in [-0.1, -0.05) is 23.9 Å². The van der Waals surface area contributed by atoms with Gasteiger partial charge in [-0.25, -0.2) is 13.9 Å². The van der Waals surface area contributed by atoms with Crippen LogP contribution in [0.4, 0.5) is 9.39 Å². The van der Waals surface area contributed by atoms with Crippen LogP contribution in [0.15, 0.2) is 57.6 Å². The normalized spacial score (nSPS) is 10.8. The summed E-state index contributed by atoms with van der Waals surface area (Å²) in [5, 5.41) is 12.9. The number of thioether (sulfide) groups is 1. The number of amides is 1. The van der Waals surface area contributed by atoms with Gasteiger partial charge < -0.3 is 20.3 Å². The van der Waals surface area contributed by atoms with Gasteiger partial charge in [-0.2, -0.15) is 0 Å². The fourth-order valence-corrected chi connectivity index (χ4v) is 4.57. The number of anilines is 1. The molecule has 0 aliphatic carbocycles. The molecule has 3 heterocycles. The zero-order chi connectivity index (χ0) is 23.4. The molecule has 0 atom stereocenters. The minimum absolute atomic E-state index is 0.0666. The van der Waals surface area contributed by atoms with E-state index in [0.29, 0.717) is 16.3 Å². The number of carbonyl (C=O) groups excluding carboxylic acids is 2. The maximum absolute atomic E-state index is 14.0. The summed E-state index contributed by atoms with van der Waals surface area (Å²) in [6.45, 7) is 1.89. The van der Waals surface area contributed by atoms with E-state index in [2.05, 4.69) is 15.5 Å². The Bertz CT molecular complexity index is 1290. The second-order valence-corrected chi connectivity index (χ2v) is 8.37. The molecular weight excluding hydrogens is 469 g/mol. The summed E-state index contributed by atoms with van der Waals surface area (Å²) in [7, 11) is 0. The van der Waals surface area contributed by atoms with E-state index in [4.69, 9.17) is 15.0 Å². The smallest absolute Gasteiger partial charge is 0.341 e. The van der Waals surface area contributed by atoms with Crippen LogP contribution in [0.25, 0.3) is 22.7 Å². The number of nitrogen functional groups attached to an aromatic ring is 1. The van der Waals surface area contributed by atoms with Crippen LogP contribution < -0.4 is 11.2 Å². The molecule has 0 aliphatic rings. The highest BCUT2D eigenvalue weighted by atomic mass is 32.2. The molecule has 0 saturated heterocycles. The van der Waals surface area contributed by atoms with Crippen molar-refractivity contribution in [2.45, 2.75) is 12.1 Å². The molecule has 9 nitrogen and oxygen atoms in total. The summed E-state index contributed by atoms with van der Waals surface area (Å²) < 4.78 is 25.7. The predicted molar refractivity (Wildman–Crippen MR) is 123 cm³/mol. The standard InChI is InChI=1S/C21H18FN5O4S2/c1-2-30-20(29)17-13(15-8-5-9-31-15)10-32-19(17)24-16(28)11-33-21-26-25-18(27(21)23)12-6-3-4-7-14(12)22/h3-10H,2,11,23H2,1H3,(H,24,28). The van der Waals surface area contributed by atoms with Crippen LogP contribution in [-0.2, 0) is 9.53 Å². The average molecular weight is 488 g/mol. The van der Waals surface area contributed by atoms with Crippen molar-refractivity contribution in [1.29, 1.82) is 0 Å². The number of carbonyl (C=O) groups is 2. The van der Waals surface area contributed by atoms with Crippen LogP contribution in [0.1, 0.15) is 17.3 Å². The van der Waals surface area contributed by atoms with E-state index >= 15 is 0 Å². The fourth-order valence-electron chi connectivity index (χ4n) is 2.96. The molecule has 3 N–H and O–H groups in total. The molecule has 0 fully saturated rings. The third kappa shape index (κ3) is 4.76. The molecule has 0 radical (unpaired) electrons. The van der Waals surface area contributed by atoms with E-state index in [1.165, 1.54) is 29.7 Å². The lowest BCUT2D eigenvalue weighted by Gasteiger charge is -2.08. The maximum atomic E-state index is 14.0. The van der Waals surface area contributed by atoms with E-state index in [-0.39, 0.29) is 34.5 Å². The number of nitrogens with zero attached hydrogens (tertiary/aromatic N) is 3. The summed E-state index contributed by atoms with van der Waals surface area (Å²) in [5.41, 5.74) is 0.952. The highest BCUT2D eigenvalue weighted by Crippen LogP contribution is 2.36. The van der Waals surface area contributed by atoms with Crippen molar-refractivity contribution >= 4 is 40.0 Å². The van der Waals surface area contributed by atoms with Crippen molar-refractivity contribution in [3.63, 3.8) is 0 Å². The Kier molecular flexibility index (Phi) is 6.75.